The number of anilines is 2. The lowest BCUT2D eigenvalue weighted by Gasteiger charge is -2.10. The van der Waals surface area contributed by atoms with E-state index in [4.69, 9.17) is 4.74 Å². The molecular formula is C18H21BrN2O4S. The van der Waals surface area contributed by atoms with E-state index >= 15 is 0 Å². The molecule has 2 aromatic rings. The van der Waals surface area contributed by atoms with Gasteiger partial charge < -0.3 is 4.74 Å². The minimum atomic E-state index is -3.71. The zero-order valence-electron chi connectivity index (χ0n) is 14.4. The summed E-state index contributed by atoms with van der Waals surface area (Å²) in [5.41, 5.74) is 0.920. The Morgan fingerprint density at radius 3 is 2.46 bits per heavy atom. The van der Waals surface area contributed by atoms with Gasteiger partial charge in [-0.05, 0) is 48.9 Å². The first-order valence-corrected chi connectivity index (χ1v) is 10.5. The molecule has 8 heteroatoms. The van der Waals surface area contributed by atoms with Gasteiger partial charge in [-0.2, -0.15) is 0 Å². The fourth-order valence-corrected chi connectivity index (χ4v) is 3.60. The quantitative estimate of drug-likeness (QED) is 0.566. The Morgan fingerprint density at radius 1 is 1.08 bits per heavy atom. The number of hydrogen-bond acceptors (Lipinski definition) is 4. The molecule has 0 aliphatic carbocycles. The number of carbonyl (C=O) groups is 1. The lowest BCUT2D eigenvalue weighted by Crippen LogP contribution is -2.15. The van der Waals surface area contributed by atoms with Crippen LogP contribution in [-0.2, 0) is 14.8 Å². The van der Waals surface area contributed by atoms with Crippen LogP contribution in [0.15, 0.2) is 57.9 Å². The zero-order valence-corrected chi connectivity index (χ0v) is 16.8. The first kappa shape index (κ1) is 20.3. The Labute approximate surface area is 162 Å². The summed E-state index contributed by atoms with van der Waals surface area (Å²) in [6.07, 6.45) is 2.33. The van der Waals surface area contributed by atoms with E-state index < -0.39 is 16.1 Å². The van der Waals surface area contributed by atoms with Crippen molar-refractivity contribution in [2.75, 3.05) is 16.6 Å². The largest absolute Gasteiger partial charge is 0.449 e. The highest BCUT2D eigenvalue weighted by atomic mass is 79.9. The van der Waals surface area contributed by atoms with E-state index in [-0.39, 0.29) is 4.90 Å². The van der Waals surface area contributed by atoms with Crippen LogP contribution in [0.1, 0.15) is 26.2 Å². The molecule has 0 aromatic heterocycles. The maximum Gasteiger partial charge on any atom is 0.411 e. The van der Waals surface area contributed by atoms with Crippen molar-refractivity contribution in [3.05, 3.63) is 53.0 Å². The molecule has 0 aliphatic rings. The second-order valence-electron chi connectivity index (χ2n) is 5.61. The number of unbranched alkanes of at least 4 members (excludes halogenated alkanes) is 2. The fraction of sp³-hybridized carbons (Fsp3) is 0.278. The van der Waals surface area contributed by atoms with Crippen LogP contribution in [0.2, 0.25) is 0 Å². The summed E-state index contributed by atoms with van der Waals surface area (Å²) in [6.45, 7) is 2.43. The summed E-state index contributed by atoms with van der Waals surface area (Å²) in [6, 6.07) is 12.8. The predicted molar refractivity (Wildman–Crippen MR) is 106 cm³/mol. The van der Waals surface area contributed by atoms with Gasteiger partial charge in [-0.25, -0.2) is 13.2 Å². The van der Waals surface area contributed by atoms with Crippen LogP contribution in [0, 0.1) is 0 Å². The van der Waals surface area contributed by atoms with Gasteiger partial charge in [-0.3, -0.25) is 10.0 Å². The van der Waals surface area contributed by atoms with Crippen LogP contribution in [0.5, 0.6) is 0 Å². The molecule has 0 radical (unpaired) electrons. The lowest BCUT2D eigenvalue weighted by molar-refractivity contribution is 0.159. The monoisotopic (exact) mass is 440 g/mol. The first-order valence-electron chi connectivity index (χ1n) is 8.23. The van der Waals surface area contributed by atoms with Crippen molar-refractivity contribution in [1.82, 2.24) is 0 Å². The third-order valence-electron chi connectivity index (χ3n) is 3.47. The number of hydrogen-bond donors (Lipinski definition) is 2. The molecule has 2 rings (SSSR count). The normalized spacial score (nSPS) is 11.0. The summed E-state index contributed by atoms with van der Waals surface area (Å²) >= 11 is 3.30. The summed E-state index contributed by atoms with van der Waals surface area (Å²) in [7, 11) is -3.71. The minimum Gasteiger partial charge on any atom is -0.449 e. The van der Waals surface area contributed by atoms with E-state index in [1.165, 1.54) is 24.3 Å². The topological polar surface area (TPSA) is 84.5 Å². The number of nitrogens with one attached hydrogen (secondary N) is 2. The van der Waals surface area contributed by atoms with Gasteiger partial charge in [0.2, 0.25) is 0 Å². The number of amides is 1. The maximum atomic E-state index is 12.4. The van der Waals surface area contributed by atoms with Crippen molar-refractivity contribution in [2.24, 2.45) is 0 Å². The molecule has 0 heterocycles. The molecule has 0 fully saturated rings. The lowest BCUT2D eigenvalue weighted by atomic mass is 10.3. The fourth-order valence-electron chi connectivity index (χ4n) is 2.15. The zero-order chi connectivity index (χ0) is 19.0. The van der Waals surface area contributed by atoms with Gasteiger partial charge in [0, 0.05) is 15.8 Å². The SMILES string of the molecule is CCCCCOC(=O)Nc1ccc(S(=O)(=O)Nc2cccc(Br)c2)cc1. The number of benzene rings is 2. The van der Waals surface area contributed by atoms with Gasteiger partial charge in [0.25, 0.3) is 10.0 Å². The Balaban J connectivity index is 1.96. The van der Waals surface area contributed by atoms with Gasteiger partial charge in [0.15, 0.2) is 0 Å². The maximum absolute atomic E-state index is 12.4. The Morgan fingerprint density at radius 2 is 1.81 bits per heavy atom. The van der Waals surface area contributed by atoms with Gasteiger partial charge in [0.05, 0.1) is 11.5 Å². The molecule has 0 atom stereocenters. The molecule has 0 saturated heterocycles. The Kier molecular flexibility index (Phi) is 7.47. The van der Waals surface area contributed by atoms with Crippen molar-refractivity contribution < 1.29 is 17.9 Å². The number of sulfonamides is 1. The second kappa shape index (κ2) is 9.59. The van der Waals surface area contributed by atoms with Gasteiger partial charge in [-0.15, -0.1) is 0 Å². The highest BCUT2D eigenvalue weighted by Gasteiger charge is 2.14. The molecular weight excluding hydrogens is 420 g/mol. The van der Waals surface area contributed by atoms with E-state index in [1.807, 2.05) is 0 Å². The Hall–Kier alpha value is -2.06. The van der Waals surface area contributed by atoms with Gasteiger partial charge in [-0.1, -0.05) is 41.8 Å². The average Bonchev–Trinajstić information content (AvgIpc) is 2.59. The summed E-state index contributed by atoms with van der Waals surface area (Å²) in [4.78, 5) is 11.8. The minimum absolute atomic E-state index is 0.0966. The second-order valence-corrected chi connectivity index (χ2v) is 8.21. The van der Waals surface area contributed by atoms with E-state index in [0.29, 0.717) is 18.0 Å². The average molecular weight is 441 g/mol. The number of halogens is 1. The van der Waals surface area contributed by atoms with Crippen LogP contribution < -0.4 is 10.0 Å². The van der Waals surface area contributed by atoms with Crippen LogP contribution in [0.3, 0.4) is 0 Å². The molecule has 0 aliphatic heterocycles. The third kappa shape index (κ3) is 6.34. The smallest absolute Gasteiger partial charge is 0.411 e. The van der Waals surface area contributed by atoms with Crippen LogP contribution in [-0.4, -0.2) is 21.1 Å². The highest BCUT2D eigenvalue weighted by molar-refractivity contribution is 9.10. The molecule has 2 N–H and O–H groups in total. The van der Waals surface area contributed by atoms with Crippen molar-refractivity contribution in [2.45, 2.75) is 31.1 Å². The predicted octanol–water partition coefficient (Wildman–Crippen LogP) is 4.99. The molecule has 0 saturated carbocycles. The van der Waals surface area contributed by atoms with Crippen LogP contribution in [0.25, 0.3) is 0 Å². The van der Waals surface area contributed by atoms with Crippen molar-refractivity contribution in [1.29, 1.82) is 0 Å². The highest BCUT2D eigenvalue weighted by Crippen LogP contribution is 2.21. The van der Waals surface area contributed by atoms with E-state index in [2.05, 4.69) is 32.9 Å². The van der Waals surface area contributed by atoms with Crippen molar-refractivity contribution in [3.63, 3.8) is 0 Å². The van der Waals surface area contributed by atoms with Crippen LogP contribution in [0.4, 0.5) is 16.2 Å². The van der Waals surface area contributed by atoms with E-state index in [0.717, 1.165) is 23.7 Å². The van der Waals surface area contributed by atoms with Gasteiger partial charge >= 0.3 is 6.09 Å². The van der Waals surface area contributed by atoms with Gasteiger partial charge in [0.1, 0.15) is 0 Å². The first-order chi connectivity index (χ1) is 12.4. The van der Waals surface area contributed by atoms with E-state index in [1.54, 1.807) is 24.3 Å². The van der Waals surface area contributed by atoms with E-state index in [9.17, 15) is 13.2 Å². The number of ether oxygens (including phenoxy) is 1. The summed E-state index contributed by atoms with van der Waals surface area (Å²) in [5.74, 6) is 0. The summed E-state index contributed by atoms with van der Waals surface area (Å²) < 4.78 is 33.2. The molecule has 26 heavy (non-hydrogen) atoms. The van der Waals surface area contributed by atoms with Crippen molar-refractivity contribution >= 4 is 43.4 Å². The molecule has 0 spiro atoms. The molecule has 2 aromatic carbocycles. The molecule has 0 bridgehead atoms. The molecule has 1 amide bonds. The summed E-state index contributed by atoms with van der Waals surface area (Å²) in [5, 5.41) is 2.57. The Bertz CT molecular complexity index is 839. The molecule has 0 unspecified atom stereocenters. The molecule has 140 valence electrons. The number of carbonyl (C=O) groups excluding carboxylic acids is 1. The number of rotatable bonds is 8. The van der Waals surface area contributed by atoms with Crippen LogP contribution >= 0.6 is 15.9 Å². The standard InChI is InChI=1S/C18H21BrN2O4S/c1-2-3-4-12-25-18(22)20-15-8-10-17(11-9-15)26(23,24)21-16-7-5-6-14(19)13-16/h5-11,13,21H,2-4,12H2,1H3,(H,20,22). The third-order valence-corrected chi connectivity index (χ3v) is 5.36. The van der Waals surface area contributed by atoms with Crippen molar-refractivity contribution in [3.8, 4) is 0 Å². The molecule has 6 nitrogen and oxygen atoms in total.